The van der Waals surface area contributed by atoms with E-state index in [-0.39, 0.29) is 17.9 Å². The number of benzene rings is 3. The van der Waals surface area contributed by atoms with Gasteiger partial charge in [0.15, 0.2) is 17.1 Å². The van der Waals surface area contributed by atoms with Gasteiger partial charge in [-0.25, -0.2) is 9.00 Å². The van der Waals surface area contributed by atoms with Crippen molar-refractivity contribution in [3.8, 4) is 0 Å². The maximum absolute atomic E-state index is 12.5. The molecule has 0 radical (unpaired) electrons. The predicted molar refractivity (Wildman–Crippen MR) is 155 cm³/mol. The van der Waals surface area contributed by atoms with Crippen LogP contribution in [0.2, 0.25) is 0 Å². The van der Waals surface area contributed by atoms with Crippen LogP contribution in [-0.4, -0.2) is 37.8 Å². The Hall–Kier alpha value is -4.32. The smallest absolute Gasteiger partial charge is 0.330 e. The lowest BCUT2D eigenvalue weighted by atomic mass is 10.0. The number of carboxylic acid groups (broad SMARTS) is 1. The van der Waals surface area contributed by atoms with E-state index in [1.54, 1.807) is 61.8 Å². The molecule has 6 N–H and O–H groups in total. The van der Waals surface area contributed by atoms with Crippen LogP contribution in [0.5, 0.6) is 0 Å². The van der Waals surface area contributed by atoms with Crippen molar-refractivity contribution in [1.82, 2.24) is 10.3 Å². The lowest BCUT2D eigenvalue weighted by Gasteiger charge is -2.17. The third kappa shape index (κ3) is 7.20. The first-order valence-electron chi connectivity index (χ1n) is 12.6. The summed E-state index contributed by atoms with van der Waals surface area (Å²) in [6, 6.07) is 17.9. The van der Waals surface area contributed by atoms with Crippen molar-refractivity contribution in [1.29, 1.82) is 0 Å². The van der Waals surface area contributed by atoms with E-state index in [4.69, 9.17) is 0 Å². The summed E-state index contributed by atoms with van der Waals surface area (Å²) < 4.78 is 20.9. The maximum Gasteiger partial charge on any atom is 0.330 e. The summed E-state index contributed by atoms with van der Waals surface area (Å²) in [7, 11) is 1.73. The van der Waals surface area contributed by atoms with Crippen molar-refractivity contribution >= 4 is 45.1 Å². The fourth-order valence-corrected chi connectivity index (χ4v) is 4.98. The SMILES string of the molecule is CNCc1cc(NC(=O)CCCc2ccc(C(Nc3ccc4cc[nH]c(=O)c4c3)C(=O)O)cc2)ccc1S(=O)O. The third-order valence-electron chi connectivity index (χ3n) is 6.42. The molecule has 4 rings (SSSR count). The number of hydrogen-bond donors (Lipinski definition) is 6. The molecule has 1 amide bonds. The fraction of sp³-hybridized carbons (Fsp3) is 0.207. The quantitative estimate of drug-likeness (QED) is 0.141. The van der Waals surface area contributed by atoms with Crippen LogP contribution >= 0.6 is 0 Å². The van der Waals surface area contributed by atoms with Gasteiger partial charge < -0.3 is 30.6 Å². The molecule has 208 valence electrons. The Kier molecular flexibility index (Phi) is 9.43. The number of pyridine rings is 1. The first-order chi connectivity index (χ1) is 19.2. The monoisotopic (exact) mass is 562 g/mol. The number of carbonyl (C=O) groups is 2. The molecular formula is C29H30N4O6S. The van der Waals surface area contributed by atoms with Crippen LogP contribution in [-0.2, 0) is 33.6 Å². The number of carboxylic acids is 1. The second kappa shape index (κ2) is 13.2. The van der Waals surface area contributed by atoms with Gasteiger partial charge in [0.05, 0.1) is 4.90 Å². The fourth-order valence-electron chi connectivity index (χ4n) is 4.44. The van der Waals surface area contributed by atoms with E-state index in [2.05, 4.69) is 20.9 Å². The number of rotatable bonds is 12. The van der Waals surface area contributed by atoms with Crippen LogP contribution in [0.4, 0.5) is 11.4 Å². The zero-order valence-electron chi connectivity index (χ0n) is 21.8. The molecule has 10 nitrogen and oxygen atoms in total. The summed E-state index contributed by atoms with van der Waals surface area (Å²) in [5, 5.41) is 19.8. The Morgan fingerprint density at radius 3 is 2.45 bits per heavy atom. The minimum Gasteiger partial charge on any atom is -0.479 e. The minimum absolute atomic E-state index is 0.172. The zero-order chi connectivity index (χ0) is 28.6. The highest BCUT2D eigenvalue weighted by molar-refractivity contribution is 7.79. The largest absolute Gasteiger partial charge is 0.479 e. The summed E-state index contributed by atoms with van der Waals surface area (Å²) in [6.45, 7) is 0.391. The van der Waals surface area contributed by atoms with Crippen molar-refractivity contribution in [2.24, 2.45) is 0 Å². The molecule has 1 heterocycles. The number of aromatic amines is 1. The van der Waals surface area contributed by atoms with Crippen molar-refractivity contribution in [3.63, 3.8) is 0 Å². The molecule has 11 heteroatoms. The molecule has 0 aliphatic rings. The van der Waals surface area contributed by atoms with E-state index in [1.807, 2.05) is 12.1 Å². The molecule has 2 atom stereocenters. The molecule has 0 bridgehead atoms. The Morgan fingerprint density at radius 2 is 1.75 bits per heavy atom. The first kappa shape index (κ1) is 28.7. The van der Waals surface area contributed by atoms with Crippen LogP contribution < -0.4 is 21.5 Å². The Bertz CT molecular complexity index is 1600. The van der Waals surface area contributed by atoms with Gasteiger partial charge in [0, 0.05) is 35.9 Å². The Balaban J connectivity index is 1.34. The molecule has 0 aliphatic carbocycles. The minimum atomic E-state index is -2.12. The summed E-state index contributed by atoms with van der Waals surface area (Å²) in [5.74, 6) is -1.23. The Morgan fingerprint density at radius 1 is 1.00 bits per heavy atom. The van der Waals surface area contributed by atoms with Crippen molar-refractivity contribution < 1.29 is 23.5 Å². The van der Waals surface area contributed by atoms with E-state index in [0.717, 1.165) is 10.9 Å². The molecule has 1 aromatic heterocycles. The number of aromatic nitrogens is 1. The second-order valence-electron chi connectivity index (χ2n) is 9.27. The average molecular weight is 563 g/mol. The van der Waals surface area contributed by atoms with Gasteiger partial charge in [-0.15, -0.1) is 0 Å². The topological polar surface area (TPSA) is 161 Å². The number of aryl methyl sites for hydroxylation is 1. The molecule has 2 unspecified atom stereocenters. The second-order valence-corrected chi connectivity index (χ2v) is 10.2. The standard InChI is InChI=1S/C29H30N4O6S/c1-30-17-21-15-22(11-12-25(21)40(38)39)32-26(34)4-2-3-18-5-7-20(8-6-18)27(29(36)37)33-23-10-9-19-13-14-31-28(35)24(19)16-23/h5-16,27,30,33H,2-4,17H2,1H3,(H,31,35)(H,32,34)(H,36,37)(H,38,39). The third-order valence-corrected chi connectivity index (χ3v) is 7.19. The number of amides is 1. The average Bonchev–Trinajstić information content (AvgIpc) is 2.92. The molecular weight excluding hydrogens is 532 g/mol. The molecule has 4 aromatic rings. The molecule has 0 spiro atoms. The van der Waals surface area contributed by atoms with Gasteiger partial charge >= 0.3 is 5.97 Å². The van der Waals surface area contributed by atoms with E-state index < -0.39 is 23.1 Å². The molecule has 0 saturated heterocycles. The highest BCUT2D eigenvalue weighted by Gasteiger charge is 2.20. The van der Waals surface area contributed by atoms with E-state index >= 15 is 0 Å². The van der Waals surface area contributed by atoms with Crippen LogP contribution in [0.15, 0.2) is 82.6 Å². The predicted octanol–water partition coefficient (Wildman–Crippen LogP) is 4.03. The summed E-state index contributed by atoms with van der Waals surface area (Å²) in [4.78, 5) is 39.5. The number of nitrogens with one attached hydrogen (secondary N) is 4. The van der Waals surface area contributed by atoms with Gasteiger partial charge in [-0.2, -0.15) is 0 Å². The molecule has 0 aliphatic heterocycles. The van der Waals surface area contributed by atoms with Gasteiger partial charge in [0.25, 0.3) is 5.56 Å². The van der Waals surface area contributed by atoms with Gasteiger partial charge in [-0.1, -0.05) is 30.3 Å². The molecule has 0 saturated carbocycles. The number of fused-ring (bicyclic) bond motifs is 1. The lowest BCUT2D eigenvalue weighted by molar-refractivity contribution is -0.138. The van der Waals surface area contributed by atoms with Gasteiger partial charge in [0.2, 0.25) is 5.91 Å². The van der Waals surface area contributed by atoms with Crippen LogP contribution in [0.3, 0.4) is 0 Å². The number of H-pyrrole nitrogens is 1. The van der Waals surface area contributed by atoms with Crippen LogP contribution in [0.1, 0.15) is 35.6 Å². The van der Waals surface area contributed by atoms with Gasteiger partial charge in [-0.05, 0) is 78.4 Å². The van der Waals surface area contributed by atoms with E-state index in [1.165, 1.54) is 6.07 Å². The zero-order valence-corrected chi connectivity index (χ0v) is 22.6. The summed E-state index contributed by atoms with van der Waals surface area (Å²) >= 11 is -2.12. The molecule has 40 heavy (non-hydrogen) atoms. The highest BCUT2D eigenvalue weighted by Crippen LogP contribution is 2.24. The van der Waals surface area contributed by atoms with Crippen molar-refractivity contribution in [2.75, 3.05) is 17.7 Å². The number of carbonyl (C=O) groups excluding carboxylic acids is 1. The number of hydrogen-bond acceptors (Lipinski definition) is 6. The van der Waals surface area contributed by atoms with E-state index in [9.17, 15) is 28.3 Å². The maximum atomic E-state index is 12.5. The summed E-state index contributed by atoms with van der Waals surface area (Å²) in [6.07, 6.45) is 3.05. The Labute approximate surface area is 233 Å². The molecule has 0 fully saturated rings. The van der Waals surface area contributed by atoms with Gasteiger partial charge in [-0.3, -0.25) is 9.59 Å². The van der Waals surface area contributed by atoms with Crippen molar-refractivity contribution in [3.05, 3.63) is 100.0 Å². The van der Waals surface area contributed by atoms with Crippen LogP contribution in [0, 0.1) is 0 Å². The van der Waals surface area contributed by atoms with Crippen LogP contribution in [0.25, 0.3) is 10.8 Å². The first-order valence-corrected chi connectivity index (χ1v) is 13.7. The highest BCUT2D eigenvalue weighted by atomic mass is 32.2. The van der Waals surface area contributed by atoms with E-state index in [0.29, 0.717) is 52.2 Å². The number of aliphatic carboxylic acids is 1. The van der Waals surface area contributed by atoms with Gasteiger partial charge in [0.1, 0.15) is 0 Å². The molecule has 3 aromatic carbocycles. The number of anilines is 2. The lowest BCUT2D eigenvalue weighted by Crippen LogP contribution is -2.20. The van der Waals surface area contributed by atoms with Crippen molar-refractivity contribution in [2.45, 2.75) is 36.7 Å². The summed E-state index contributed by atoms with van der Waals surface area (Å²) in [5.41, 5.74) is 2.97. The normalized spacial score (nSPS) is 12.6.